The van der Waals surface area contributed by atoms with Crippen LogP contribution in [-0.2, 0) is 4.79 Å². The first-order valence-electron chi connectivity index (χ1n) is 12.4. The van der Waals surface area contributed by atoms with Crippen LogP contribution in [0.15, 0.2) is 42.6 Å². The number of nitrogens with zero attached hydrogens (tertiary/aromatic N) is 5. The SMILES string of the molecule is O=C1CCCN1c1cc(Nc2ncc3c(n2)OCN(c2c(Cl)cccc2Cl)C3=O)ccc1N1CCNCC1. The third-order valence-electron chi connectivity index (χ3n) is 6.82. The molecule has 196 valence electrons. The lowest BCUT2D eigenvalue weighted by atomic mass is 10.1. The average molecular weight is 554 g/mol. The second-order valence-corrected chi connectivity index (χ2v) is 10.0. The van der Waals surface area contributed by atoms with Crippen molar-refractivity contribution in [1.82, 2.24) is 15.3 Å². The highest BCUT2D eigenvalue weighted by atomic mass is 35.5. The predicted molar refractivity (Wildman–Crippen MR) is 147 cm³/mol. The van der Waals surface area contributed by atoms with Gasteiger partial charge in [0.1, 0.15) is 5.56 Å². The van der Waals surface area contributed by atoms with E-state index in [1.54, 1.807) is 18.2 Å². The van der Waals surface area contributed by atoms with Crippen molar-refractivity contribution in [3.05, 3.63) is 58.2 Å². The maximum atomic E-state index is 13.2. The third kappa shape index (κ3) is 4.59. The Bertz CT molecular complexity index is 1390. The quantitative estimate of drug-likeness (QED) is 0.487. The zero-order chi connectivity index (χ0) is 26.2. The molecule has 2 amide bonds. The number of para-hydroxylation sites is 1. The monoisotopic (exact) mass is 553 g/mol. The molecule has 2 fully saturated rings. The minimum absolute atomic E-state index is 0.0909. The van der Waals surface area contributed by atoms with Gasteiger partial charge < -0.3 is 25.2 Å². The van der Waals surface area contributed by atoms with Crippen LogP contribution in [0.25, 0.3) is 0 Å². The molecule has 1 aromatic heterocycles. The van der Waals surface area contributed by atoms with Crippen molar-refractivity contribution in [2.24, 2.45) is 0 Å². The molecule has 4 heterocycles. The Hall–Kier alpha value is -3.60. The zero-order valence-corrected chi connectivity index (χ0v) is 21.9. The van der Waals surface area contributed by atoms with E-state index in [0.717, 1.165) is 49.7 Å². The summed E-state index contributed by atoms with van der Waals surface area (Å²) in [4.78, 5) is 40.1. The Morgan fingerprint density at radius 1 is 0.974 bits per heavy atom. The number of carbonyl (C=O) groups excluding carboxylic acids is 2. The minimum atomic E-state index is -0.358. The molecule has 6 rings (SSSR count). The second kappa shape index (κ2) is 10.3. The molecular weight excluding hydrogens is 529 g/mol. The molecule has 3 aromatic rings. The number of fused-ring (bicyclic) bond motifs is 1. The van der Waals surface area contributed by atoms with E-state index < -0.39 is 0 Å². The third-order valence-corrected chi connectivity index (χ3v) is 7.43. The van der Waals surface area contributed by atoms with Crippen LogP contribution in [0.4, 0.5) is 28.7 Å². The molecular formula is C26H25Cl2N7O3. The standard InChI is InChI=1S/C26H25Cl2N7O3/c27-18-3-1-4-19(28)23(18)35-15-38-24-17(25(35)37)14-30-26(32-24)31-16-6-7-20(33-11-8-29-9-12-33)21(13-16)34-10-2-5-22(34)36/h1,3-4,6-7,13-14,29H,2,5,8-12,15H2,(H,30,31,32). The number of amides is 2. The number of piperazine rings is 1. The number of benzene rings is 2. The topological polar surface area (TPSA) is 103 Å². The molecule has 3 aliphatic heterocycles. The molecule has 0 aliphatic carbocycles. The molecule has 2 N–H and O–H groups in total. The lowest BCUT2D eigenvalue weighted by Gasteiger charge is -2.33. The van der Waals surface area contributed by atoms with Crippen LogP contribution in [0.5, 0.6) is 5.88 Å². The number of anilines is 5. The molecule has 3 aliphatic rings. The van der Waals surface area contributed by atoms with Gasteiger partial charge in [-0.3, -0.25) is 14.5 Å². The van der Waals surface area contributed by atoms with Crippen molar-refractivity contribution >= 4 is 63.7 Å². The smallest absolute Gasteiger partial charge is 0.268 e. The molecule has 0 bridgehead atoms. The summed E-state index contributed by atoms with van der Waals surface area (Å²) in [5.74, 6) is 0.204. The first-order valence-corrected chi connectivity index (χ1v) is 13.2. The Kier molecular flexibility index (Phi) is 6.69. The summed E-state index contributed by atoms with van der Waals surface area (Å²) in [5, 5.41) is 7.25. The molecule has 0 radical (unpaired) electrons. The lowest BCUT2D eigenvalue weighted by Crippen LogP contribution is -2.44. The summed E-state index contributed by atoms with van der Waals surface area (Å²) in [7, 11) is 0. The predicted octanol–water partition coefficient (Wildman–Crippen LogP) is 4.06. The molecule has 0 unspecified atom stereocenters. The highest BCUT2D eigenvalue weighted by Gasteiger charge is 2.32. The molecule has 10 nitrogen and oxygen atoms in total. The van der Waals surface area contributed by atoms with Gasteiger partial charge in [-0.15, -0.1) is 0 Å². The molecule has 2 saturated heterocycles. The van der Waals surface area contributed by atoms with Gasteiger partial charge in [-0.25, -0.2) is 4.98 Å². The van der Waals surface area contributed by atoms with Crippen LogP contribution in [0, 0.1) is 0 Å². The van der Waals surface area contributed by atoms with Crippen molar-refractivity contribution in [3.63, 3.8) is 0 Å². The number of nitrogens with one attached hydrogen (secondary N) is 2. The highest BCUT2D eigenvalue weighted by Crippen LogP contribution is 2.38. The summed E-state index contributed by atoms with van der Waals surface area (Å²) in [6, 6.07) is 10.9. The fraction of sp³-hybridized carbons (Fsp3) is 0.308. The fourth-order valence-corrected chi connectivity index (χ4v) is 5.55. The van der Waals surface area contributed by atoms with Crippen LogP contribution in [-0.4, -0.2) is 61.2 Å². The Morgan fingerprint density at radius 3 is 2.50 bits per heavy atom. The van der Waals surface area contributed by atoms with E-state index in [1.807, 2.05) is 23.1 Å². The van der Waals surface area contributed by atoms with E-state index in [0.29, 0.717) is 28.7 Å². The van der Waals surface area contributed by atoms with E-state index in [9.17, 15) is 9.59 Å². The van der Waals surface area contributed by atoms with Gasteiger partial charge in [-0.05, 0) is 36.8 Å². The minimum Gasteiger partial charge on any atom is -0.455 e. The summed E-state index contributed by atoms with van der Waals surface area (Å²) in [6.45, 7) is 4.14. The number of hydrogen-bond donors (Lipinski definition) is 2. The number of hydrogen-bond acceptors (Lipinski definition) is 8. The molecule has 0 spiro atoms. The molecule has 38 heavy (non-hydrogen) atoms. The van der Waals surface area contributed by atoms with E-state index in [1.165, 1.54) is 11.1 Å². The van der Waals surface area contributed by atoms with Gasteiger partial charge in [0.05, 0.1) is 27.1 Å². The zero-order valence-electron chi connectivity index (χ0n) is 20.4. The molecule has 12 heteroatoms. The molecule has 2 aromatic carbocycles. The van der Waals surface area contributed by atoms with E-state index in [2.05, 4.69) is 25.5 Å². The number of carbonyl (C=O) groups is 2. The summed E-state index contributed by atoms with van der Waals surface area (Å²) in [5.41, 5.74) is 3.21. The van der Waals surface area contributed by atoms with Gasteiger partial charge in [0.15, 0.2) is 6.73 Å². The molecule has 0 atom stereocenters. The van der Waals surface area contributed by atoms with Crippen LogP contribution in [0.2, 0.25) is 10.0 Å². The van der Waals surface area contributed by atoms with Gasteiger partial charge in [0, 0.05) is 51.0 Å². The molecule has 0 saturated carbocycles. The number of halogens is 2. The normalized spacial score (nSPS) is 17.5. The Labute approximate surface area is 229 Å². The Balaban J connectivity index is 1.26. The highest BCUT2D eigenvalue weighted by molar-refractivity contribution is 6.40. The average Bonchev–Trinajstić information content (AvgIpc) is 3.36. The lowest BCUT2D eigenvalue weighted by molar-refractivity contribution is -0.117. The van der Waals surface area contributed by atoms with Gasteiger partial charge in [-0.1, -0.05) is 29.3 Å². The number of rotatable bonds is 5. The summed E-state index contributed by atoms with van der Waals surface area (Å²) >= 11 is 12.6. The first-order chi connectivity index (χ1) is 18.5. The van der Waals surface area contributed by atoms with E-state index in [4.69, 9.17) is 27.9 Å². The largest absolute Gasteiger partial charge is 0.455 e. The van der Waals surface area contributed by atoms with Gasteiger partial charge in [-0.2, -0.15) is 4.98 Å². The number of aromatic nitrogens is 2. The van der Waals surface area contributed by atoms with Crippen molar-refractivity contribution in [1.29, 1.82) is 0 Å². The van der Waals surface area contributed by atoms with E-state index >= 15 is 0 Å². The second-order valence-electron chi connectivity index (χ2n) is 9.20. The Morgan fingerprint density at radius 2 is 1.76 bits per heavy atom. The van der Waals surface area contributed by atoms with Crippen molar-refractivity contribution in [2.45, 2.75) is 12.8 Å². The van der Waals surface area contributed by atoms with Crippen LogP contribution < -0.4 is 30.1 Å². The maximum Gasteiger partial charge on any atom is 0.268 e. The fourth-order valence-electron chi connectivity index (χ4n) is 4.95. The van der Waals surface area contributed by atoms with Gasteiger partial charge in [0.25, 0.3) is 5.91 Å². The van der Waals surface area contributed by atoms with Crippen LogP contribution in [0.3, 0.4) is 0 Å². The van der Waals surface area contributed by atoms with Crippen molar-refractivity contribution in [3.8, 4) is 5.88 Å². The maximum absolute atomic E-state index is 13.2. The van der Waals surface area contributed by atoms with Crippen molar-refractivity contribution < 1.29 is 14.3 Å². The van der Waals surface area contributed by atoms with Crippen LogP contribution in [0.1, 0.15) is 23.2 Å². The van der Waals surface area contributed by atoms with Gasteiger partial charge in [0.2, 0.25) is 17.7 Å². The van der Waals surface area contributed by atoms with Crippen molar-refractivity contribution in [2.75, 3.05) is 59.5 Å². The van der Waals surface area contributed by atoms with E-state index in [-0.39, 0.29) is 35.9 Å². The number of ether oxygens (including phenoxy) is 1. The first kappa shape index (κ1) is 24.7. The summed E-state index contributed by atoms with van der Waals surface area (Å²) < 4.78 is 5.80. The van der Waals surface area contributed by atoms with Gasteiger partial charge >= 0.3 is 0 Å². The van der Waals surface area contributed by atoms with Crippen LogP contribution >= 0.6 is 23.2 Å². The summed E-state index contributed by atoms with van der Waals surface area (Å²) in [6.07, 6.45) is 2.81.